The second kappa shape index (κ2) is 8.74. The largest absolute Gasteiger partial charge is 0.508 e. The molecule has 152 valence electrons. The lowest BCUT2D eigenvalue weighted by Gasteiger charge is -2.14. The Morgan fingerprint density at radius 1 is 1.03 bits per heavy atom. The van der Waals surface area contributed by atoms with Gasteiger partial charge in [0.1, 0.15) is 18.1 Å². The van der Waals surface area contributed by atoms with Crippen molar-refractivity contribution in [3.63, 3.8) is 0 Å². The van der Waals surface area contributed by atoms with E-state index in [1.54, 1.807) is 31.4 Å². The van der Waals surface area contributed by atoms with E-state index in [4.69, 9.17) is 9.47 Å². The molecule has 0 aromatic heterocycles. The number of phenolic OH excluding ortho intramolecular Hbond substituents is 1. The Hall–Kier alpha value is -3.73. The van der Waals surface area contributed by atoms with Gasteiger partial charge in [-0.2, -0.15) is 0 Å². The summed E-state index contributed by atoms with van der Waals surface area (Å²) in [6.07, 6.45) is 3.16. The number of nitrogens with one attached hydrogen (secondary N) is 1. The molecule has 0 bridgehead atoms. The fraction of sp³-hybridized carbons (Fsp3) is 0.160. The molecule has 4 rings (SSSR count). The second-order valence-electron chi connectivity index (χ2n) is 7.04. The SMILES string of the molecule is COc1cc(O)ccc1C=CCNC(=O)OCC1c2ccccc2-c2ccccc21. The topological polar surface area (TPSA) is 67.8 Å². The Labute approximate surface area is 175 Å². The van der Waals surface area contributed by atoms with Crippen LogP contribution >= 0.6 is 0 Å². The number of aromatic hydroxyl groups is 1. The Morgan fingerprint density at radius 2 is 1.70 bits per heavy atom. The molecule has 30 heavy (non-hydrogen) atoms. The summed E-state index contributed by atoms with van der Waals surface area (Å²) in [7, 11) is 1.54. The first-order valence-electron chi connectivity index (χ1n) is 9.80. The third-order valence-corrected chi connectivity index (χ3v) is 5.22. The minimum absolute atomic E-state index is 0.0416. The predicted molar refractivity (Wildman–Crippen MR) is 117 cm³/mol. The minimum Gasteiger partial charge on any atom is -0.508 e. The molecule has 3 aromatic rings. The number of rotatable bonds is 6. The quantitative estimate of drug-likeness (QED) is 0.613. The first-order chi connectivity index (χ1) is 14.7. The lowest BCUT2D eigenvalue weighted by Crippen LogP contribution is -2.26. The van der Waals surface area contributed by atoms with Gasteiger partial charge in [-0.05, 0) is 34.4 Å². The van der Waals surface area contributed by atoms with Gasteiger partial charge >= 0.3 is 6.09 Å². The lowest BCUT2D eigenvalue weighted by atomic mass is 9.98. The molecule has 0 heterocycles. The van der Waals surface area contributed by atoms with E-state index in [-0.39, 0.29) is 18.3 Å². The molecule has 0 aliphatic heterocycles. The molecule has 0 fully saturated rings. The van der Waals surface area contributed by atoms with Crippen LogP contribution in [0.5, 0.6) is 11.5 Å². The van der Waals surface area contributed by atoms with E-state index in [0.29, 0.717) is 12.3 Å². The minimum atomic E-state index is -0.459. The molecule has 5 heteroatoms. The highest BCUT2D eigenvalue weighted by atomic mass is 16.5. The van der Waals surface area contributed by atoms with Crippen LogP contribution in [0, 0.1) is 0 Å². The van der Waals surface area contributed by atoms with Gasteiger partial charge in [0.15, 0.2) is 0 Å². The highest BCUT2D eigenvalue weighted by molar-refractivity contribution is 5.79. The fourth-order valence-corrected chi connectivity index (χ4v) is 3.82. The number of carbonyl (C=O) groups is 1. The Morgan fingerprint density at radius 3 is 2.37 bits per heavy atom. The molecular formula is C25H23NO4. The number of benzene rings is 3. The van der Waals surface area contributed by atoms with Crippen LogP contribution in [0.1, 0.15) is 22.6 Å². The van der Waals surface area contributed by atoms with Gasteiger partial charge in [0.25, 0.3) is 0 Å². The van der Waals surface area contributed by atoms with Crippen LogP contribution in [0.2, 0.25) is 0 Å². The number of hydrogen-bond donors (Lipinski definition) is 2. The average molecular weight is 401 g/mol. The van der Waals surface area contributed by atoms with E-state index in [2.05, 4.69) is 29.6 Å². The summed E-state index contributed by atoms with van der Waals surface area (Å²) >= 11 is 0. The number of fused-ring (bicyclic) bond motifs is 3. The van der Waals surface area contributed by atoms with Crippen molar-refractivity contribution in [3.8, 4) is 22.6 Å². The molecule has 0 atom stereocenters. The summed E-state index contributed by atoms with van der Waals surface area (Å²) in [4.78, 5) is 12.2. The van der Waals surface area contributed by atoms with Gasteiger partial charge in [-0.15, -0.1) is 0 Å². The smallest absolute Gasteiger partial charge is 0.407 e. The van der Waals surface area contributed by atoms with Crippen molar-refractivity contribution in [2.75, 3.05) is 20.3 Å². The first kappa shape index (κ1) is 19.6. The summed E-state index contributed by atoms with van der Waals surface area (Å²) in [6.45, 7) is 0.607. The van der Waals surface area contributed by atoms with Gasteiger partial charge in [-0.25, -0.2) is 4.79 Å². The van der Waals surface area contributed by atoms with Crippen molar-refractivity contribution in [2.24, 2.45) is 0 Å². The monoisotopic (exact) mass is 401 g/mol. The number of ether oxygens (including phenoxy) is 2. The van der Waals surface area contributed by atoms with Crippen LogP contribution < -0.4 is 10.1 Å². The molecule has 1 aliphatic carbocycles. The predicted octanol–water partition coefficient (Wildman–Crippen LogP) is 4.95. The number of hydrogen-bond acceptors (Lipinski definition) is 4. The normalized spacial score (nSPS) is 12.4. The maximum Gasteiger partial charge on any atom is 0.407 e. The van der Waals surface area contributed by atoms with Crippen molar-refractivity contribution < 1.29 is 19.4 Å². The zero-order valence-corrected chi connectivity index (χ0v) is 16.7. The second-order valence-corrected chi connectivity index (χ2v) is 7.04. The third-order valence-electron chi connectivity index (χ3n) is 5.22. The van der Waals surface area contributed by atoms with E-state index < -0.39 is 6.09 Å². The summed E-state index contributed by atoms with van der Waals surface area (Å²) in [6, 6.07) is 21.4. The van der Waals surface area contributed by atoms with Gasteiger partial charge in [-0.3, -0.25) is 0 Å². The van der Waals surface area contributed by atoms with Crippen molar-refractivity contribution in [3.05, 3.63) is 89.5 Å². The molecule has 2 N–H and O–H groups in total. The Balaban J connectivity index is 1.34. The molecular weight excluding hydrogens is 378 g/mol. The molecule has 1 amide bonds. The third kappa shape index (κ3) is 4.01. The molecule has 3 aromatic carbocycles. The summed E-state index contributed by atoms with van der Waals surface area (Å²) < 4.78 is 10.7. The lowest BCUT2D eigenvalue weighted by molar-refractivity contribution is 0.144. The molecule has 0 saturated heterocycles. The summed E-state index contributed by atoms with van der Waals surface area (Å²) in [5, 5.41) is 12.2. The number of carbonyl (C=O) groups excluding carboxylic acids is 1. The van der Waals surface area contributed by atoms with Gasteiger partial charge in [0.2, 0.25) is 0 Å². The van der Waals surface area contributed by atoms with Crippen LogP contribution in [0.15, 0.2) is 72.8 Å². The highest BCUT2D eigenvalue weighted by Crippen LogP contribution is 2.44. The van der Waals surface area contributed by atoms with Crippen molar-refractivity contribution in [1.29, 1.82) is 0 Å². The molecule has 0 saturated carbocycles. The molecule has 0 unspecified atom stereocenters. The van der Waals surface area contributed by atoms with Gasteiger partial charge in [0.05, 0.1) is 7.11 Å². The van der Waals surface area contributed by atoms with Gasteiger partial charge in [-0.1, -0.05) is 60.7 Å². The van der Waals surface area contributed by atoms with Crippen molar-refractivity contribution in [2.45, 2.75) is 5.92 Å². The fourth-order valence-electron chi connectivity index (χ4n) is 3.82. The number of amides is 1. The van der Waals surface area contributed by atoms with Crippen LogP contribution in [0.3, 0.4) is 0 Å². The van der Waals surface area contributed by atoms with Crippen LogP contribution in [-0.2, 0) is 4.74 Å². The molecule has 0 spiro atoms. The van der Waals surface area contributed by atoms with Crippen LogP contribution in [0.4, 0.5) is 4.79 Å². The Bertz CT molecular complexity index is 1040. The van der Waals surface area contributed by atoms with Crippen LogP contribution in [0.25, 0.3) is 17.2 Å². The average Bonchev–Trinajstić information content (AvgIpc) is 3.10. The van der Waals surface area contributed by atoms with Crippen molar-refractivity contribution >= 4 is 12.2 Å². The summed E-state index contributed by atoms with van der Waals surface area (Å²) in [5.41, 5.74) is 5.59. The van der Waals surface area contributed by atoms with Gasteiger partial charge in [0, 0.05) is 24.1 Å². The van der Waals surface area contributed by atoms with E-state index in [0.717, 1.165) is 5.56 Å². The number of methoxy groups -OCH3 is 1. The summed E-state index contributed by atoms with van der Waals surface area (Å²) in [5.74, 6) is 0.744. The molecule has 1 aliphatic rings. The molecule has 0 radical (unpaired) electrons. The van der Waals surface area contributed by atoms with E-state index in [1.165, 1.54) is 22.3 Å². The zero-order chi connectivity index (χ0) is 20.9. The highest BCUT2D eigenvalue weighted by Gasteiger charge is 2.28. The van der Waals surface area contributed by atoms with Crippen LogP contribution in [-0.4, -0.2) is 31.5 Å². The van der Waals surface area contributed by atoms with E-state index in [9.17, 15) is 9.90 Å². The van der Waals surface area contributed by atoms with Crippen molar-refractivity contribution in [1.82, 2.24) is 5.32 Å². The van der Waals surface area contributed by atoms with E-state index >= 15 is 0 Å². The van der Waals surface area contributed by atoms with Gasteiger partial charge < -0.3 is 19.9 Å². The zero-order valence-electron chi connectivity index (χ0n) is 16.7. The number of phenols is 1. The first-order valence-corrected chi connectivity index (χ1v) is 9.80. The standard InChI is InChI=1S/C25H23NO4/c1-29-24-15-18(27)13-12-17(24)7-6-14-26-25(28)30-16-23-21-10-4-2-8-19(21)20-9-3-5-11-22(20)23/h2-13,15,23,27H,14,16H2,1H3,(H,26,28). The molecule has 5 nitrogen and oxygen atoms in total. The number of alkyl carbamates (subject to hydrolysis) is 1. The maximum absolute atomic E-state index is 12.2. The Kier molecular flexibility index (Phi) is 5.70. The van der Waals surface area contributed by atoms with E-state index in [1.807, 2.05) is 30.3 Å². The maximum atomic E-state index is 12.2.